The summed E-state index contributed by atoms with van der Waals surface area (Å²) in [6, 6.07) is 0.508. The number of rotatable bonds is 3. The first-order chi connectivity index (χ1) is 7.22. The quantitative estimate of drug-likeness (QED) is 0.760. The number of piperidine rings is 1. The summed E-state index contributed by atoms with van der Waals surface area (Å²) in [6.45, 7) is 3.98. The lowest BCUT2D eigenvalue weighted by Gasteiger charge is -2.34. The number of amides is 1. The fourth-order valence-electron chi connectivity index (χ4n) is 2.50. The Hall–Kier alpha value is -0.570. The van der Waals surface area contributed by atoms with E-state index in [2.05, 4.69) is 17.1 Å². The molecule has 1 aliphatic carbocycles. The number of nitrogens with zero attached hydrogens (tertiary/aromatic N) is 1. The van der Waals surface area contributed by atoms with Gasteiger partial charge in [-0.15, -0.1) is 0 Å². The average molecular weight is 210 g/mol. The zero-order chi connectivity index (χ0) is 10.8. The molecule has 0 aromatic heterocycles. The van der Waals surface area contributed by atoms with Gasteiger partial charge in [-0.25, -0.2) is 0 Å². The van der Waals surface area contributed by atoms with Crippen molar-refractivity contribution in [3.05, 3.63) is 0 Å². The Morgan fingerprint density at radius 3 is 2.73 bits per heavy atom. The first-order valence-corrected chi connectivity index (χ1v) is 6.18. The smallest absolute Gasteiger partial charge is 0.225 e. The number of hydrogen-bond acceptors (Lipinski definition) is 2. The van der Waals surface area contributed by atoms with Gasteiger partial charge in [0.15, 0.2) is 0 Å². The number of hydrogen-bond donors (Lipinski definition) is 1. The highest BCUT2D eigenvalue weighted by atomic mass is 16.2. The van der Waals surface area contributed by atoms with Gasteiger partial charge < -0.3 is 10.2 Å². The van der Waals surface area contributed by atoms with Crippen LogP contribution in [0.15, 0.2) is 0 Å². The second-order valence-corrected chi connectivity index (χ2v) is 5.04. The molecule has 15 heavy (non-hydrogen) atoms. The van der Waals surface area contributed by atoms with E-state index in [1.807, 2.05) is 7.05 Å². The second kappa shape index (κ2) is 4.52. The predicted octanol–water partition coefficient (Wildman–Crippen LogP) is 1.24. The second-order valence-electron chi connectivity index (χ2n) is 5.04. The van der Waals surface area contributed by atoms with Crippen molar-refractivity contribution in [2.75, 3.05) is 20.1 Å². The Morgan fingerprint density at radius 1 is 1.40 bits per heavy atom. The van der Waals surface area contributed by atoms with Gasteiger partial charge in [0.25, 0.3) is 0 Å². The molecule has 2 fully saturated rings. The zero-order valence-electron chi connectivity index (χ0n) is 9.83. The van der Waals surface area contributed by atoms with Crippen LogP contribution in [0.25, 0.3) is 0 Å². The van der Waals surface area contributed by atoms with E-state index >= 15 is 0 Å². The summed E-state index contributed by atoms with van der Waals surface area (Å²) < 4.78 is 0. The van der Waals surface area contributed by atoms with Crippen LogP contribution < -0.4 is 5.32 Å². The van der Waals surface area contributed by atoms with Crippen LogP contribution >= 0.6 is 0 Å². The molecule has 1 amide bonds. The third kappa shape index (κ3) is 2.51. The highest BCUT2D eigenvalue weighted by Crippen LogP contribution is 2.37. The molecule has 3 heteroatoms. The topological polar surface area (TPSA) is 32.3 Å². The fraction of sp³-hybridized carbons (Fsp3) is 0.917. The Balaban J connectivity index is 1.88. The lowest BCUT2D eigenvalue weighted by Crippen LogP contribution is -2.48. The maximum absolute atomic E-state index is 12.1. The van der Waals surface area contributed by atoms with Crippen molar-refractivity contribution < 1.29 is 4.79 Å². The molecule has 0 spiro atoms. The van der Waals surface area contributed by atoms with E-state index in [1.54, 1.807) is 0 Å². The van der Waals surface area contributed by atoms with Crippen molar-refractivity contribution in [2.45, 2.75) is 38.6 Å². The van der Waals surface area contributed by atoms with Gasteiger partial charge in [-0.05, 0) is 38.6 Å². The Morgan fingerprint density at radius 2 is 2.13 bits per heavy atom. The first-order valence-electron chi connectivity index (χ1n) is 6.18. The molecule has 1 aliphatic heterocycles. The molecule has 2 rings (SSSR count). The average Bonchev–Trinajstić information content (AvgIpc) is 3.11. The summed E-state index contributed by atoms with van der Waals surface area (Å²) in [4.78, 5) is 14.2. The van der Waals surface area contributed by atoms with Gasteiger partial charge in [0.05, 0.1) is 0 Å². The van der Waals surface area contributed by atoms with Gasteiger partial charge >= 0.3 is 0 Å². The van der Waals surface area contributed by atoms with Gasteiger partial charge in [0.2, 0.25) is 5.91 Å². The number of likely N-dealkylation sites (tertiary alicyclic amines) is 1. The SMILES string of the molecule is CNC1CCCN(C(=O)C(C)C2CC2)C1. The number of carbonyl (C=O) groups is 1. The highest BCUT2D eigenvalue weighted by Gasteiger charge is 2.35. The van der Waals surface area contributed by atoms with E-state index in [0.717, 1.165) is 19.5 Å². The molecular weight excluding hydrogens is 188 g/mol. The summed E-state index contributed by atoms with van der Waals surface area (Å²) in [6.07, 6.45) is 4.87. The van der Waals surface area contributed by atoms with Crippen LogP contribution in [0, 0.1) is 11.8 Å². The molecule has 0 aromatic rings. The minimum Gasteiger partial charge on any atom is -0.341 e. The maximum atomic E-state index is 12.1. The number of carbonyl (C=O) groups excluding carboxylic acids is 1. The molecule has 1 N–H and O–H groups in total. The van der Waals surface area contributed by atoms with Crippen LogP contribution in [0.5, 0.6) is 0 Å². The van der Waals surface area contributed by atoms with Crippen LogP contribution in [-0.4, -0.2) is 37.0 Å². The highest BCUT2D eigenvalue weighted by molar-refractivity contribution is 5.79. The summed E-state index contributed by atoms with van der Waals surface area (Å²) in [5.74, 6) is 1.34. The van der Waals surface area contributed by atoms with E-state index < -0.39 is 0 Å². The normalized spacial score (nSPS) is 28.9. The molecule has 2 unspecified atom stereocenters. The van der Waals surface area contributed by atoms with Crippen molar-refractivity contribution in [3.8, 4) is 0 Å². The van der Waals surface area contributed by atoms with Crippen molar-refractivity contribution in [2.24, 2.45) is 11.8 Å². The summed E-state index contributed by atoms with van der Waals surface area (Å²) in [7, 11) is 1.99. The third-order valence-electron chi connectivity index (χ3n) is 3.86. The van der Waals surface area contributed by atoms with Crippen LogP contribution in [0.1, 0.15) is 32.6 Å². The molecule has 3 nitrogen and oxygen atoms in total. The van der Waals surface area contributed by atoms with Crippen molar-refractivity contribution in [3.63, 3.8) is 0 Å². The summed E-state index contributed by atoms with van der Waals surface area (Å²) in [5.41, 5.74) is 0. The van der Waals surface area contributed by atoms with E-state index in [4.69, 9.17) is 0 Å². The largest absolute Gasteiger partial charge is 0.341 e. The van der Waals surface area contributed by atoms with E-state index in [0.29, 0.717) is 17.9 Å². The standard InChI is InChI=1S/C12H22N2O/c1-9(10-5-6-10)12(15)14-7-3-4-11(8-14)13-2/h9-11,13H,3-8H2,1-2H3. The number of nitrogens with one attached hydrogen (secondary N) is 1. The molecule has 1 heterocycles. The molecule has 0 radical (unpaired) electrons. The fourth-order valence-corrected chi connectivity index (χ4v) is 2.50. The van der Waals surface area contributed by atoms with E-state index in [1.165, 1.54) is 19.3 Å². The zero-order valence-corrected chi connectivity index (χ0v) is 9.83. The summed E-state index contributed by atoms with van der Waals surface area (Å²) >= 11 is 0. The van der Waals surface area contributed by atoms with Crippen LogP contribution in [0.2, 0.25) is 0 Å². The van der Waals surface area contributed by atoms with Gasteiger partial charge in [0.1, 0.15) is 0 Å². The maximum Gasteiger partial charge on any atom is 0.225 e. The lowest BCUT2D eigenvalue weighted by molar-refractivity contribution is -0.137. The minimum atomic E-state index is 0.264. The van der Waals surface area contributed by atoms with Crippen LogP contribution in [0.4, 0.5) is 0 Å². The predicted molar refractivity (Wildman–Crippen MR) is 60.5 cm³/mol. The molecule has 1 saturated heterocycles. The number of likely N-dealkylation sites (N-methyl/N-ethyl adjacent to an activating group) is 1. The van der Waals surface area contributed by atoms with E-state index in [9.17, 15) is 4.79 Å². The Labute approximate surface area is 92.2 Å². The summed E-state index contributed by atoms with van der Waals surface area (Å²) in [5, 5.41) is 3.28. The van der Waals surface area contributed by atoms with E-state index in [-0.39, 0.29) is 5.92 Å². The molecule has 1 saturated carbocycles. The van der Waals surface area contributed by atoms with Crippen LogP contribution in [-0.2, 0) is 4.79 Å². The first kappa shape index (κ1) is 10.9. The van der Waals surface area contributed by atoms with Crippen molar-refractivity contribution >= 4 is 5.91 Å². The monoisotopic (exact) mass is 210 g/mol. The minimum absolute atomic E-state index is 0.264. The van der Waals surface area contributed by atoms with Crippen molar-refractivity contribution in [1.82, 2.24) is 10.2 Å². The molecular formula is C12H22N2O. The van der Waals surface area contributed by atoms with Gasteiger partial charge in [0, 0.05) is 25.0 Å². The third-order valence-corrected chi connectivity index (χ3v) is 3.86. The van der Waals surface area contributed by atoms with Gasteiger partial charge in [-0.3, -0.25) is 4.79 Å². The Bertz CT molecular complexity index is 238. The molecule has 0 bridgehead atoms. The Kier molecular flexibility index (Phi) is 3.29. The molecule has 0 aromatic carbocycles. The van der Waals surface area contributed by atoms with Gasteiger partial charge in [-0.2, -0.15) is 0 Å². The lowest BCUT2D eigenvalue weighted by atomic mass is 10.0. The van der Waals surface area contributed by atoms with Crippen LogP contribution in [0.3, 0.4) is 0 Å². The van der Waals surface area contributed by atoms with Crippen molar-refractivity contribution in [1.29, 1.82) is 0 Å². The molecule has 2 aliphatic rings. The van der Waals surface area contributed by atoms with Gasteiger partial charge in [-0.1, -0.05) is 6.92 Å². The molecule has 2 atom stereocenters. The molecule has 86 valence electrons.